The molecule has 0 atom stereocenters. The minimum atomic E-state index is -0.356. The molecule has 0 saturated carbocycles. The van der Waals surface area contributed by atoms with Gasteiger partial charge >= 0.3 is 0 Å². The highest BCUT2D eigenvalue weighted by molar-refractivity contribution is 6.19. The molecule has 1 spiro atoms. The number of aromatic nitrogens is 1. The van der Waals surface area contributed by atoms with E-state index in [-0.39, 0.29) is 5.41 Å². The van der Waals surface area contributed by atoms with Crippen molar-refractivity contribution in [3.8, 4) is 33.5 Å². The molecule has 0 bridgehead atoms. The molecule has 2 aliphatic rings. The van der Waals surface area contributed by atoms with Gasteiger partial charge in [0.25, 0.3) is 0 Å². The van der Waals surface area contributed by atoms with Gasteiger partial charge in [0, 0.05) is 17.1 Å². The van der Waals surface area contributed by atoms with Gasteiger partial charge in [-0.3, -0.25) is 4.98 Å². The van der Waals surface area contributed by atoms with Crippen LogP contribution in [-0.2, 0) is 5.41 Å². The summed E-state index contributed by atoms with van der Waals surface area (Å²) in [5.74, 6) is 0. The zero-order valence-electron chi connectivity index (χ0n) is 23.4. The first-order chi connectivity index (χ1) is 21.3. The first-order valence-electron chi connectivity index (χ1n) is 15.0. The maximum atomic E-state index is 5.02. The first kappa shape index (κ1) is 23.1. The van der Waals surface area contributed by atoms with Crippen molar-refractivity contribution in [2.24, 2.45) is 0 Å². The number of fused-ring (bicyclic) bond motifs is 15. The fraction of sp³-hybridized carbons (Fsp3) is 0.0238. The van der Waals surface area contributed by atoms with Crippen LogP contribution in [-0.4, -0.2) is 4.98 Å². The van der Waals surface area contributed by atoms with Crippen LogP contribution in [0.25, 0.3) is 65.8 Å². The third-order valence-electron chi connectivity index (χ3n) is 9.94. The van der Waals surface area contributed by atoms with Crippen LogP contribution in [0.15, 0.2) is 152 Å². The highest BCUT2D eigenvalue weighted by Crippen LogP contribution is 2.63. The standard InChI is InChI=1S/C42H25N/c1-2-10-28-26(9-1)17-19-30-29(28)21-22-36-31(30)23-24-43-41(36)27-18-20-35-34-13-5-8-16-39(34)42(40(35)25-27)37-14-6-3-11-32(37)33-12-4-7-15-38(33)42/h1-25H. The van der Waals surface area contributed by atoms with E-state index in [1.165, 1.54) is 76.8 Å². The molecule has 7 aromatic carbocycles. The van der Waals surface area contributed by atoms with E-state index >= 15 is 0 Å². The maximum absolute atomic E-state index is 5.02. The summed E-state index contributed by atoms with van der Waals surface area (Å²) in [7, 11) is 0. The number of rotatable bonds is 1. The fourth-order valence-corrected chi connectivity index (χ4v) is 8.23. The molecule has 1 nitrogen and oxygen atoms in total. The number of benzene rings is 7. The summed E-state index contributed by atoms with van der Waals surface area (Å²) in [5.41, 5.74) is 12.5. The summed E-state index contributed by atoms with van der Waals surface area (Å²) < 4.78 is 0. The Morgan fingerprint density at radius 3 is 1.63 bits per heavy atom. The molecular weight excluding hydrogens is 518 g/mol. The molecular formula is C42H25N. The maximum Gasteiger partial charge on any atom is 0.0780 e. The van der Waals surface area contributed by atoms with E-state index in [1.807, 2.05) is 6.20 Å². The summed E-state index contributed by atoms with van der Waals surface area (Å²) in [5, 5.41) is 7.53. The lowest BCUT2D eigenvalue weighted by atomic mass is 9.70. The van der Waals surface area contributed by atoms with Crippen LogP contribution in [0.4, 0.5) is 0 Å². The number of hydrogen-bond acceptors (Lipinski definition) is 1. The third-order valence-corrected chi connectivity index (χ3v) is 9.94. The van der Waals surface area contributed by atoms with Crippen LogP contribution in [0.2, 0.25) is 0 Å². The van der Waals surface area contributed by atoms with Gasteiger partial charge in [0.2, 0.25) is 0 Å². The Balaban J connectivity index is 1.27. The highest BCUT2D eigenvalue weighted by atomic mass is 14.7. The zero-order chi connectivity index (χ0) is 28.1. The summed E-state index contributed by atoms with van der Waals surface area (Å²) in [4.78, 5) is 5.02. The van der Waals surface area contributed by atoms with Crippen LogP contribution >= 0.6 is 0 Å². The van der Waals surface area contributed by atoms with Crippen LogP contribution in [0.3, 0.4) is 0 Å². The van der Waals surface area contributed by atoms with Crippen LogP contribution in [0.5, 0.6) is 0 Å². The summed E-state index contributed by atoms with van der Waals surface area (Å²) in [6.45, 7) is 0. The molecule has 0 unspecified atom stereocenters. The fourth-order valence-electron chi connectivity index (χ4n) is 8.23. The number of pyridine rings is 1. The Morgan fingerprint density at radius 2 is 0.907 bits per heavy atom. The van der Waals surface area contributed by atoms with E-state index in [9.17, 15) is 0 Å². The summed E-state index contributed by atoms with van der Waals surface area (Å²) in [6, 6.07) is 53.8. The molecule has 0 radical (unpaired) electrons. The van der Waals surface area contributed by atoms with Crippen LogP contribution in [0.1, 0.15) is 22.3 Å². The van der Waals surface area contributed by atoms with Crippen molar-refractivity contribution in [1.82, 2.24) is 4.98 Å². The van der Waals surface area contributed by atoms with Gasteiger partial charge in [0.05, 0.1) is 11.1 Å². The average Bonchev–Trinajstić information content (AvgIpc) is 3.55. The van der Waals surface area contributed by atoms with E-state index in [4.69, 9.17) is 4.98 Å². The lowest BCUT2D eigenvalue weighted by Gasteiger charge is -2.30. The van der Waals surface area contributed by atoms with Crippen molar-refractivity contribution >= 4 is 32.3 Å². The van der Waals surface area contributed by atoms with E-state index in [1.54, 1.807) is 0 Å². The monoisotopic (exact) mass is 543 g/mol. The molecule has 0 saturated heterocycles. The average molecular weight is 544 g/mol. The Kier molecular flexibility index (Phi) is 4.44. The molecule has 0 amide bonds. The van der Waals surface area contributed by atoms with Crippen molar-refractivity contribution in [2.45, 2.75) is 5.41 Å². The van der Waals surface area contributed by atoms with Gasteiger partial charge in [-0.2, -0.15) is 0 Å². The molecule has 0 N–H and O–H groups in total. The molecule has 43 heavy (non-hydrogen) atoms. The smallest absolute Gasteiger partial charge is 0.0780 e. The molecule has 0 aliphatic heterocycles. The summed E-state index contributed by atoms with van der Waals surface area (Å²) in [6.07, 6.45) is 1.98. The minimum absolute atomic E-state index is 0.356. The van der Waals surface area contributed by atoms with Crippen LogP contribution in [0, 0.1) is 0 Å². The van der Waals surface area contributed by atoms with Gasteiger partial charge in [-0.15, -0.1) is 0 Å². The van der Waals surface area contributed by atoms with Crippen molar-refractivity contribution in [3.63, 3.8) is 0 Å². The molecule has 1 aromatic heterocycles. The molecule has 8 aromatic rings. The molecule has 2 aliphatic carbocycles. The minimum Gasteiger partial charge on any atom is -0.256 e. The molecule has 0 fully saturated rings. The largest absolute Gasteiger partial charge is 0.256 e. The van der Waals surface area contributed by atoms with Crippen molar-refractivity contribution < 1.29 is 0 Å². The molecule has 10 rings (SSSR count). The third kappa shape index (κ3) is 2.84. The zero-order valence-corrected chi connectivity index (χ0v) is 23.4. The van der Waals surface area contributed by atoms with Crippen molar-refractivity contribution in [3.05, 3.63) is 174 Å². The van der Waals surface area contributed by atoms with Crippen LogP contribution < -0.4 is 0 Å². The Hall–Kier alpha value is -5.53. The van der Waals surface area contributed by atoms with Gasteiger partial charge < -0.3 is 0 Å². The van der Waals surface area contributed by atoms with Gasteiger partial charge in [0.1, 0.15) is 0 Å². The second-order valence-electron chi connectivity index (χ2n) is 11.8. The second kappa shape index (κ2) is 8.27. The normalized spacial score (nSPS) is 13.8. The Bertz CT molecular complexity index is 2400. The second-order valence-corrected chi connectivity index (χ2v) is 11.8. The first-order valence-corrected chi connectivity index (χ1v) is 15.0. The van der Waals surface area contributed by atoms with E-state index in [2.05, 4.69) is 146 Å². The Morgan fingerprint density at radius 1 is 0.372 bits per heavy atom. The van der Waals surface area contributed by atoms with Gasteiger partial charge in [-0.1, -0.05) is 133 Å². The van der Waals surface area contributed by atoms with Crippen molar-refractivity contribution in [1.29, 1.82) is 0 Å². The predicted molar refractivity (Wildman–Crippen MR) is 178 cm³/mol. The quantitative estimate of drug-likeness (QED) is 0.188. The predicted octanol–water partition coefficient (Wildman–Crippen LogP) is 10.6. The Labute approximate surface area is 249 Å². The lowest BCUT2D eigenvalue weighted by Crippen LogP contribution is -2.25. The SMILES string of the molecule is c1ccc2c(c1)-c1ccccc1C21c2ccccc2-c2ccc(-c3nccc4c3ccc3c5ccccc5ccc43)cc21. The molecule has 1 heteroatoms. The highest BCUT2D eigenvalue weighted by Gasteiger charge is 2.51. The van der Waals surface area contributed by atoms with Crippen molar-refractivity contribution in [2.75, 3.05) is 0 Å². The van der Waals surface area contributed by atoms with Gasteiger partial charge in [-0.25, -0.2) is 0 Å². The topological polar surface area (TPSA) is 12.9 Å². The number of nitrogens with zero attached hydrogens (tertiary/aromatic N) is 1. The summed E-state index contributed by atoms with van der Waals surface area (Å²) >= 11 is 0. The van der Waals surface area contributed by atoms with E-state index in [0.29, 0.717) is 0 Å². The number of hydrogen-bond donors (Lipinski definition) is 0. The van der Waals surface area contributed by atoms with E-state index in [0.717, 1.165) is 11.3 Å². The lowest BCUT2D eigenvalue weighted by molar-refractivity contribution is 0.794. The van der Waals surface area contributed by atoms with Gasteiger partial charge in [0.15, 0.2) is 0 Å². The molecule has 1 heterocycles. The van der Waals surface area contributed by atoms with E-state index < -0.39 is 0 Å². The van der Waals surface area contributed by atoms with Gasteiger partial charge in [-0.05, 0) is 83.6 Å². The molecule has 198 valence electrons.